The summed E-state index contributed by atoms with van der Waals surface area (Å²) in [6.45, 7) is 5.91. The number of hydrogen-bond acceptors (Lipinski definition) is 3. The van der Waals surface area contributed by atoms with E-state index in [1.54, 1.807) is 0 Å². The average molecular weight is 245 g/mol. The molecule has 0 radical (unpaired) electrons. The Morgan fingerprint density at radius 1 is 1.22 bits per heavy atom. The van der Waals surface area contributed by atoms with E-state index in [2.05, 4.69) is 54.4 Å². The number of hydrogen-bond donors (Lipinski definition) is 1. The third-order valence-electron chi connectivity index (χ3n) is 2.45. The molecule has 98 valence electrons. The van der Waals surface area contributed by atoms with Crippen LogP contribution in [0.15, 0.2) is 47.1 Å². The predicted octanol–water partition coefficient (Wildman–Crippen LogP) is 3.02. The zero-order valence-electron chi connectivity index (χ0n) is 11.8. The van der Waals surface area contributed by atoms with Crippen molar-refractivity contribution in [2.24, 2.45) is 4.99 Å². The second-order valence-electron chi connectivity index (χ2n) is 4.64. The normalized spacial score (nSPS) is 12.9. The van der Waals surface area contributed by atoms with E-state index in [1.807, 2.05) is 25.1 Å². The monoisotopic (exact) mass is 245 g/mol. The number of aliphatic imine (C=N–C) groups is 1. The molecule has 1 rings (SSSR count). The molecular weight excluding hydrogens is 222 g/mol. The zero-order valence-corrected chi connectivity index (χ0v) is 11.8. The van der Waals surface area contributed by atoms with Crippen LogP contribution < -0.4 is 5.32 Å². The van der Waals surface area contributed by atoms with Gasteiger partial charge in [-0.2, -0.15) is 0 Å². The summed E-state index contributed by atoms with van der Waals surface area (Å²) in [4.78, 5) is 6.64. The molecule has 0 atom stereocenters. The molecule has 18 heavy (non-hydrogen) atoms. The van der Waals surface area contributed by atoms with Crippen molar-refractivity contribution < 1.29 is 0 Å². The van der Waals surface area contributed by atoms with Gasteiger partial charge in [-0.1, -0.05) is 18.2 Å². The van der Waals surface area contributed by atoms with E-state index in [0.717, 1.165) is 30.2 Å². The molecule has 1 N–H and O–H groups in total. The second-order valence-corrected chi connectivity index (χ2v) is 4.64. The van der Waals surface area contributed by atoms with Crippen molar-refractivity contribution in [2.45, 2.75) is 13.8 Å². The molecule has 0 aliphatic rings. The number of para-hydroxylation sites is 1. The fourth-order valence-corrected chi connectivity index (χ4v) is 1.57. The Hall–Kier alpha value is -1.61. The largest absolute Gasteiger partial charge is 0.359 e. The first-order valence-electron chi connectivity index (χ1n) is 6.24. The molecule has 1 aromatic carbocycles. The Labute approximate surface area is 110 Å². The summed E-state index contributed by atoms with van der Waals surface area (Å²) >= 11 is 0. The minimum absolute atomic E-state index is 0.841. The highest BCUT2D eigenvalue weighted by molar-refractivity contribution is 5.93. The Balaban J connectivity index is 2.50. The highest BCUT2D eigenvalue weighted by atomic mass is 15.1. The molecule has 0 aromatic heterocycles. The van der Waals surface area contributed by atoms with Crippen LogP contribution in [-0.4, -0.2) is 37.8 Å². The molecule has 3 heteroatoms. The van der Waals surface area contributed by atoms with Gasteiger partial charge in [-0.05, 0) is 46.2 Å². The zero-order chi connectivity index (χ0) is 13.4. The lowest BCUT2D eigenvalue weighted by Crippen LogP contribution is -2.15. The van der Waals surface area contributed by atoms with Gasteiger partial charge in [0, 0.05) is 23.6 Å². The van der Waals surface area contributed by atoms with Gasteiger partial charge in [0.15, 0.2) is 0 Å². The van der Waals surface area contributed by atoms with Gasteiger partial charge in [-0.3, -0.25) is 4.99 Å². The summed E-state index contributed by atoms with van der Waals surface area (Å²) in [7, 11) is 4.12. The highest BCUT2D eigenvalue weighted by Gasteiger charge is 1.93. The SMILES string of the molecule is CC(/C=C(\C)Nc1ccccc1)=NCCN(C)C. The molecule has 0 spiro atoms. The quantitative estimate of drug-likeness (QED) is 0.780. The lowest BCUT2D eigenvalue weighted by molar-refractivity contribution is 0.420. The standard InChI is InChI=1S/C15H23N3/c1-13(16-10-11-18(3)4)12-14(2)17-15-8-6-5-7-9-15/h5-9,12,17H,10-11H2,1-4H3/b14-12+,16-13?. The summed E-state index contributed by atoms with van der Waals surface area (Å²) < 4.78 is 0. The smallest absolute Gasteiger partial charge is 0.0519 e. The molecule has 0 saturated carbocycles. The minimum Gasteiger partial charge on any atom is -0.359 e. The molecule has 0 aliphatic carbocycles. The van der Waals surface area contributed by atoms with Gasteiger partial charge in [-0.15, -0.1) is 0 Å². The maximum atomic E-state index is 4.50. The van der Waals surface area contributed by atoms with E-state index in [0.29, 0.717) is 0 Å². The fraction of sp³-hybridized carbons (Fsp3) is 0.400. The molecule has 3 nitrogen and oxygen atoms in total. The number of nitrogens with zero attached hydrogens (tertiary/aromatic N) is 2. The Kier molecular flexibility index (Phi) is 6.15. The molecule has 0 unspecified atom stereocenters. The van der Waals surface area contributed by atoms with Crippen molar-refractivity contribution in [2.75, 3.05) is 32.5 Å². The lowest BCUT2D eigenvalue weighted by Gasteiger charge is -2.07. The molecular formula is C15H23N3. The predicted molar refractivity (Wildman–Crippen MR) is 80.4 cm³/mol. The van der Waals surface area contributed by atoms with Crippen LogP contribution in [0, 0.1) is 0 Å². The Bertz CT molecular complexity index is 405. The number of allylic oxidation sites excluding steroid dienone is 2. The van der Waals surface area contributed by atoms with Crippen LogP contribution in [-0.2, 0) is 0 Å². The van der Waals surface area contributed by atoms with Crippen molar-refractivity contribution in [1.82, 2.24) is 4.90 Å². The van der Waals surface area contributed by atoms with Crippen molar-refractivity contribution in [3.8, 4) is 0 Å². The first kappa shape index (κ1) is 14.5. The van der Waals surface area contributed by atoms with Gasteiger partial charge in [0.25, 0.3) is 0 Å². The van der Waals surface area contributed by atoms with Crippen LogP contribution in [0.4, 0.5) is 5.69 Å². The molecule has 1 aromatic rings. The van der Waals surface area contributed by atoms with E-state index in [9.17, 15) is 0 Å². The Morgan fingerprint density at radius 3 is 2.50 bits per heavy atom. The van der Waals surface area contributed by atoms with E-state index in [4.69, 9.17) is 0 Å². The summed E-state index contributed by atoms with van der Waals surface area (Å²) in [5, 5.41) is 3.34. The van der Waals surface area contributed by atoms with E-state index in [1.165, 1.54) is 0 Å². The highest BCUT2D eigenvalue weighted by Crippen LogP contribution is 2.08. The first-order valence-corrected chi connectivity index (χ1v) is 6.24. The van der Waals surface area contributed by atoms with Crippen LogP contribution in [0.5, 0.6) is 0 Å². The third-order valence-corrected chi connectivity index (χ3v) is 2.45. The summed E-state index contributed by atoms with van der Waals surface area (Å²) in [6, 6.07) is 10.2. The van der Waals surface area contributed by atoms with E-state index in [-0.39, 0.29) is 0 Å². The average Bonchev–Trinajstić information content (AvgIpc) is 2.29. The maximum absolute atomic E-state index is 4.50. The van der Waals surface area contributed by atoms with Crippen LogP contribution in [0.2, 0.25) is 0 Å². The third kappa shape index (κ3) is 6.21. The van der Waals surface area contributed by atoms with Crippen LogP contribution >= 0.6 is 0 Å². The summed E-state index contributed by atoms with van der Waals surface area (Å²) in [5.74, 6) is 0. The second kappa shape index (κ2) is 7.67. The minimum atomic E-state index is 0.841. The first-order chi connectivity index (χ1) is 8.58. The number of benzene rings is 1. The summed E-state index contributed by atoms with van der Waals surface area (Å²) in [5.41, 5.74) is 3.26. The van der Waals surface area contributed by atoms with Crippen molar-refractivity contribution in [3.05, 3.63) is 42.1 Å². The number of rotatable bonds is 6. The van der Waals surface area contributed by atoms with Crippen LogP contribution in [0.25, 0.3) is 0 Å². The lowest BCUT2D eigenvalue weighted by atomic mass is 10.3. The van der Waals surface area contributed by atoms with E-state index < -0.39 is 0 Å². The number of anilines is 1. The van der Waals surface area contributed by atoms with Gasteiger partial charge >= 0.3 is 0 Å². The van der Waals surface area contributed by atoms with Crippen molar-refractivity contribution in [1.29, 1.82) is 0 Å². The van der Waals surface area contributed by atoms with E-state index >= 15 is 0 Å². The molecule has 0 bridgehead atoms. The summed E-state index contributed by atoms with van der Waals surface area (Å²) in [6.07, 6.45) is 2.07. The van der Waals surface area contributed by atoms with Crippen LogP contribution in [0.3, 0.4) is 0 Å². The van der Waals surface area contributed by atoms with Gasteiger partial charge in [0.1, 0.15) is 0 Å². The van der Waals surface area contributed by atoms with Gasteiger partial charge < -0.3 is 10.2 Å². The molecule has 0 fully saturated rings. The molecule has 0 heterocycles. The van der Waals surface area contributed by atoms with Crippen molar-refractivity contribution >= 4 is 11.4 Å². The van der Waals surface area contributed by atoms with Gasteiger partial charge in [0.2, 0.25) is 0 Å². The molecule has 0 saturated heterocycles. The topological polar surface area (TPSA) is 27.6 Å². The molecule has 0 amide bonds. The van der Waals surface area contributed by atoms with Crippen molar-refractivity contribution in [3.63, 3.8) is 0 Å². The number of likely N-dealkylation sites (N-methyl/N-ethyl adjacent to an activating group) is 1. The van der Waals surface area contributed by atoms with Gasteiger partial charge in [0.05, 0.1) is 6.54 Å². The number of nitrogens with one attached hydrogen (secondary N) is 1. The maximum Gasteiger partial charge on any atom is 0.0519 e. The van der Waals surface area contributed by atoms with Crippen LogP contribution in [0.1, 0.15) is 13.8 Å². The molecule has 0 aliphatic heterocycles. The van der Waals surface area contributed by atoms with Gasteiger partial charge in [-0.25, -0.2) is 0 Å². The fourth-order valence-electron chi connectivity index (χ4n) is 1.57. The Morgan fingerprint density at radius 2 is 1.89 bits per heavy atom.